The minimum atomic E-state index is -1.09. The first-order valence-corrected chi connectivity index (χ1v) is 8.21. The quantitative estimate of drug-likeness (QED) is 0.462. The second-order valence-electron chi connectivity index (χ2n) is 6.44. The molecule has 1 heterocycles. The lowest BCUT2D eigenvalue weighted by atomic mass is 9.70. The molecule has 0 aliphatic carbocycles. The van der Waals surface area contributed by atoms with Crippen LogP contribution in [0.4, 0.5) is 0 Å². The predicted octanol–water partition coefficient (Wildman–Crippen LogP) is 3.29. The number of benzene rings is 1. The van der Waals surface area contributed by atoms with Crippen LogP contribution in [-0.2, 0) is 19.1 Å². The zero-order chi connectivity index (χ0) is 18.1. The van der Waals surface area contributed by atoms with Crippen molar-refractivity contribution in [3.63, 3.8) is 0 Å². The van der Waals surface area contributed by atoms with Crippen LogP contribution in [0.15, 0.2) is 24.3 Å². The second-order valence-corrected chi connectivity index (χ2v) is 6.87. The minimum Gasteiger partial charge on any atom is -0.468 e. The van der Waals surface area contributed by atoms with Crippen molar-refractivity contribution in [3.8, 4) is 0 Å². The molecule has 1 aliphatic rings. The fourth-order valence-corrected chi connectivity index (χ4v) is 3.58. The zero-order valence-electron chi connectivity index (χ0n) is 14.2. The molecule has 0 bridgehead atoms. The molecule has 130 valence electrons. The number of hydrogen-bond acceptors (Lipinski definition) is 5. The van der Waals surface area contributed by atoms with Gasteiger partial charge in [0.15, 0.2) is 11.7 Å². The summed E-state index contributed by atoms with van der Waals surface area (Å²) in [5.74, 6) is -3.68. The van der Waals surface area contributed by atoms with Crippen LogP contribution >= 0.6 is 11.6 Å². The molecule has 1 saturated heterocycles. The van der Waals surface area contributed by atoms with Gasteiger partial charge in [0.25, 0.3) is 0 Å². The highest BCUT2D eigenvalue weighted by Crippen LogP contribution is 2.44. The normalized spacial score (nSPS) is 23.5. The zero-order valence-corrected chi connectivity index (χ0v) is 14.9. The van der Waals surface area contributed by atoms with Crippen LogP contribution in [-0.4, -0.2) is 30.4 Å². The Labute approximate surface area is 146 Å². The second kappa shape index (κ2) is 6.93. The van der Waals surface area contributed by atoms with E-state index in [0.717, 1.165) is 0 Å². The first kappa shape index (κ1) is 18.5. The molecule has 0 spiro atoms. The molecule has 1 aromatic rings. The molecule has 1 fully saturated rings. The number of Topliss-reactive ketones (excluding diaryl/α,β-unsaturated/α-hetero) is 1. The van der Waals surface area contributed by atoms with Crippen molar-refractivity contribution >= 4 is 29.3 Å². The Bertz CT molecular complexity index is 650. The van der Waals surface area contributed by atoms with Gasteiger partial charge in [-0.3, -0.25) is 14.4 Å². The average molecular weight is 353 g/mol. The molecule has 3 atom stereocenters. The van der Waals surface area contributed by atoms with Crippen molar-refractivity contribution in [1.82, 2.24) is 0 Å². The van der Waals surface area contributed by atoms with Gasteiger partial charge in [-0.25, -0.2) is 0 Å². The van der Waals surface area contributed by atoms with E-state index in [1.807, 2.05) is 6.92 Å². The number of carbonyl (C=O) groups is 3. The number of halogens is 1. The Morgan fingerprint density at radius 1 is 1.29 bits per heavy atom. The molecular weight excluding hydrogens is 332 g/mol. The van der Waals surface area contributed by atoms with E-state index in [4.69, 9.17) is 21.1 Å². The van der Waals surface area contributed by atoms with E-state index in [-0.39, 0.29) is 5.78 Å². The molecule has 6 heteroatoms. The summed E-state index contributed by atoms with van der Waals surface area (Å²) in [6, 6.07) is 6.57. The third-order valence-corrected chi connectivity index (χ3v) is 4.83. The lowest BCUT2D eigenvalue weighted by molar-refractivity contribution is -0.156. The fraction of sp³-hybridized carbons (Fsp3) is 0.500. The Kier molecular flexibility index (Phi) is 5.33. The summed E-state index contributed by atoms with van der Waals surface area (Å²) in [7, 11) is 1.22. The first-order chi connectivity index (χ1) is 11.2. The number of carbonyl (C=O) groups excluding carboxylic acids is 3. The number of ketones is 1. The van der Waals surface area contributed by atoms with Gasteiger partial charge < -0.3 is 9.47 Å². The Morgan fingerprint density at radius 2 is 1.88 bits per heavy atom. The maximum Gasteiger partial charge on any atom is 0.321 e. The van der Waals surface area contributed by atoms with Crippen molar-refractivity contribution in [2.75, 3.05) is 7.11 Å². The summed E-state index contributed by atoms with van der Waals surface area (Å²) in [5, 5.41) is 0.534. The van der Waals surface area contributed by atoms with Gasteiger partial charge in [-0.2, -0.15) is 0 Å². The van der Waals surface area contributed by atoms with Gasteiger partial charge in [-0.15, -0.1) is 0 Å². The van der Waals surface area contributed by atoms with E-state index in [2.05, 4.69) is 0 Å². The van der Waals surface area contributed by atoms with Gasteiger partial charge in [-0.05, 0) is 44.5 Å². The van der Waals surface area contributed by atoms with Gasteiger partial charge >= 0.3 is 11.9 Å². The van der Waals surface area contributed by atoms with Crippen molar-refractivity contribution < 1.29 is 23.9 Å². The van der Waals surface area contributed by atoms with E-state index < -0.39 is 35.3 Å². The van der Waals surface area contributed by atoms with Crippen molar-refractivity contribution in [2.24, 2.45) is 17.8 Å². The van der Waals surface area contributed by atoms with E-state index in [1.165, 1.54) is 7.11 Å². The van der Waals surface area contributed by atoms with Gasteiger partial charge in [0.1, 0.15) is 5.60 Å². The molecule has 0 amide bonds. The van der Waals surface area contributed by atoms with E-state index in [1.54, 1.807) is 38.1 Å². The lowest BCUT2D eigenvalue weighted by Gasteiger charge is -2.32. The molecule has 0 aromatic heterocycles. The molecule has 24 heavy (non-hydrogen) atoms. The van der Waals surface area contributed by atoms with Crippen molar-refractivity contribution in [1.29, 1.82) is 0 Å². The average Bonchev–Trinajstić information content (AvgIpc) is 2.77. The molecular formula is C18H21ClO5. The number of methoxy groups -OCH3 is 1. The molecule has 1 aromatic carbocycles. The van der Waals surface area contributed by atoms with Crippen LogP contribution in [0.2, 0.25) is 5.02 Å². The van der Waals surface area contributed by atoms with Gasteiger partial charge in [0, 0.05) is 22.4 Å². The summed E-state index contributed by atoms with van der Waals surface area (Å²) in [6.07, 6.45) is 0.472. The highest BCUT2D eigenvalue weighted by molar-refractivity contribution is 6.30. The predicted molar refractivity (Wildman–Crippen MR) is 88.7 cm³/mol. The monoisotopic (exact) mass is 352 g/mol. The highest BCUT2D eigenvalue weighted by Gasteiger charge is 2.57. The molecule has 0 unspecified atom stereocenters. The topological polar surface area (TPSA) is 69.7 Å². The standard InChI is InChI=1S/C18H21ClO5/c1-5-12(15(20)10-6-8-11(19)9-7-10)14-13(16(21)23-4)17(22)24-18(14,2)3/h6-9,12-14H,5H2,1-4H3/t12-,13-,14+/m1/s1. The van der Waals surface area contributed by atoms with Crippen LogP contribution in [0, 0.1) is 17.8 Å². The van der Waals surface area contributed by atoms with E-state index in [0.29, 0.717) is 17.0 Å². The van der Waals surface area contributed by atoms with Crippen LogP contribution in [0.1, 0.15) is 37.6 Å². The first-order valence-electron chi connectivity index (χ1n) is 7.83. The maximum atomic E-state index is 13.0. The number of rotatable bonds is 5. The van der Waals surface area contributed by atoms with E-state index >= 15 is 0 Å². The number of hydrogen-bond donors (Lipinski definition) is 0. The van der Waals surface area contributed by atoms with Gasteiger partial charge in [0.05, 0.1) is 7.11 Å². The summed E-state index contributed by atoms with van der Waals surface area (Å²) in [5.41, 5.74) is -0.441. The van der Waals surface area contributed by atoms with Crippen LogP contribution < -0.4 is 0 Å². The minimum absolute atomic E-state index is 0.139. The maximum absolute atomic E-state index is 13.0. The fourth-order valence-electron chi connectivity index (χ4n) is 3.46. The summed E-state index contributed by atoms with van der Waals surface area (Å²) in [6.45, 7) is 5.29. The molecule has 0 saturated carbocycles. The highest BCUT2D eigenvalue weighted by atomic mass is 35.5. The molecule has 0 radical (unpaired) electrons. The third kappa shape index (κ3) is 3.31. The third-order valence-electron chi connectivity index (χ3n) is 4.57. The largest absolute Gasteiger partial charge is 0.468 e. The molecule has 2 rings (SSSR count). The van der Waals surface area contributed by atoms with Crippen LogP contribution in [0.3, 0.4) is 0 Å². The smallest absolute Gasteiger partial charge is 0.321 e. The van der Waals surface area contributed by atoms with Crippen LogP contribution in [0.25, 0.3) is 0 Å². The Hall–Kier alpha value is -1.88. The number of cyclic esters (lactones) is 1. The Balaban J connectivity index is 2.42. The number of esters is 2. The molecule has 5 nitrogen and oxygen atoms in total. The van der Waals surface area contributed by atoms with E-state index in [9.17, 15) is 14.4 Å². The number of ether oxygens (including phenoxy) is 2. The van der Waals surface area contributed by atoms with Crippen LogP contribution in [0.5, 0.6) is 0 Å². The SMILES string of the molecule is CC[C@@H](C(=O)c1ccc(Cl)cc1)[C@H]1[C@H](C(=O)OC)C(=O)OC1(C)C. The summed E-state index contributed by atoms with van der Waals surface area (Å²) >= 11 is 5.87. The van der Waals surface area contributed by atoms with Gasteiger partial charge in [-0.1, -0.05) is 18.5 Å². The molecule has 0 N–H and O–H groups in total. The Morgan fingerprint density at radius 3 is 2.38 bits per heavy atom. The summed E-state index contributed by atoms with van der Waals surface area (Å²) < 4.78 is 10.1. The van der Waals surface area contributed by atoms with Crippen molar-refractivity contribution in [3.05, 3.63) is 34.9 Å². The van der Waals surface area contributed by atoms with Gasteiger partial charge in [0.2, 0.25) is 0 Å². The molecule has 1 aliphatic heterocycles. The lowest BCUT2D eigenvalue weighted by Crippen LogP contribution is -2.42. The summed E-state index contributed by atoms with van der Waals surface area (Å²) in [4.78, 5) is 37.2. The van der Waals surface area contributed by atoms with Crippen molar-refractivity contribution in [2.45, 2.75) is 32.8 Å².